The summed E-state index contributed by atoms with van der Waals surface area (Å²) in [5, 5.41) is 12.6. The third-order valence-electron chi connectivity index (χ3n) is 9.28. The number of halogens is 2. The molecule has 0 radical (unpaired) electrons. The molecule has 3 saturated carbocycles. The molecule has 7 nitrogen and oxygen atoms in total. The fourth-order valence-corrected chi connectivity index (χ4v) is 6.84. The molecule has 4 fully saturated rings. The first-order valence-electron chi connectivity index (χ1n) is 13.3. The Kier molecular flexibility index (Phi) is 6.68. The summed E-state index contributed by atoms with van der Waals surface area (Å²) in [5.41, 5.74) is 0.885. The van der Waals surface area contributed by atoms with Crippen molar-refractivity contribution in [3.05, 3.63) is 29.7 Å². The summed E-state index contributed by atoms with van der Waals surface area (Å²) in [6, 6.07) is -0.0250. The van der Waals surface area contributed by atoms with Gasteiger partial charge in [0, 0.05) is 37.2 Å². The van der Waals surface area contributed by atoms with Gasteiger partial charge in [-0.15, -0.1) is 0 Å². The minimum atomic E-state index is -0.725. The number of fused-ring (bicyclic) bond motifs is 4. The van der Waals surface area contributed by atoms with Gasteiger partial charge in [-0.1, -0.05) is 6.92 Å². The number of nitrogens with one attached hydrogen (secondary N) is 2. The Morgan fingerprint density at radius 2 is 1.83 bits per heavy atom. The number of carbonyl (C=O) groups is 2. The number of pyridine rings is 1. The second kappa shape index (κ2) is 9.63. The van der Waals surface area contributed by atoms with Gasteiger partial charge in [-0.3, -0.25) is 9.78 Å². The number of H-pyrrole nitrogens is 1. The minimum Gasteiger partial charge on any atom is -0.481 e. The maximum absolute atomic E-state index is 14.3. The molecule has 0 aromatic carbocycles. The lowest BCUT2D eigenvalue weighted by molar-refractivity contribution is -0.138. The molecule has 1 aliphatic heterocycles. The third-order valence-corrected chi connectivity index (χ3v) is 9.28. The Labute approximate surface area is 210 Å². The van der Waals surface area contributed by atoms with Crippen molar-refractivity contribution in [2.24, 2.45) is 11.3 Å². The van der Waals surface area contributed by atoms with Crippen molar-refractivity contribution in [2.75, 3.05) is 13.1 Å². The van der Waals surface area contributed by atoms with Crippen molar-refractivity contribution >= 4 is 22.9 Å². The third kappa shape index (κ3) is 4.81. The quantitative estimate of drug-likeness (QED) is 0.451. The van der Waals surface area contributed by atoms with E-state index in [4.69, 9.17) is 5.11 Å². The Morgan fingerprint density at radius 1 is 1.17 bits per heavy atom. The molecule has 2 aromatic heterocycles. The van der Waals surface area contributed by atoms with Gasteiger partial charge in [0.15, 0.2) is 5.82 Å². The number of rotatable bonds is 7. The summed E-state index contributed by atoms with van der Waals surface area (Å²) in [6.45, 7) is 3.14. The highest BCUT2D eigenvalue weighted by Crippen LogP contribution is 2.55. The largest absolute Gasteiger partial charge is 0.481 e. The van der Waals surface area contributed by atoms with E-state index in [1.165, 1.54) is 6.20 Å². The number of carboxylic acid groups (broad SMARTS) is 1. The molecule has 3 heterocycles. The fourth-order valence-electron chi connectivity index (χ4n) is 6.84. The molecule has 36 heavy (non-hydrogen) atoms. The predicted molar refractivity (Wildman–Crippen MR) is 132 cm³/mol. The zero-order valence-electron chi connectivity index (χ0n) is 20.9. The Balaban J connectivity index is 1.14. The molecule has 0 spiro atoms. The number of aromatic amines is 1. The molecule has 2 bridgehead atoms. The lowest BCUT2D eigenvalue weighted by Crippen LogP contribution is -2.59. The lowest BCUT2D eigenvalue weighted by Gasteiger charge is -2.54. The Morgan fingerprint density at radius 3 is 2.47 bits per heavy atom. The standard InChI is InChI=1S/C27H36F2N4O3/c1-17(14-21(34)35)2-5-26-6-9-27(10-7-26,11-8-26)32-25(36)33-12-3-18(4-13-33)23-22-19(28)15-31-24(22)20(29)16-30-23/h15-18,31H,2-14H2,1H3,(H,32,36)(H,34,35)/t17-,26?,27?/m0/s1. The summed E-state index contributed by atoms with van der Waals surface area (Å²) in [4.78, 5) is 32.9. The average molecular weight is 503 g/mol. The van der Waals surface area contributed by atoms with Crippen LogP contribution in [-0.4, -0.2) is 50.6 Å². The van der Waals surface area contributed by atoms with Gasteiger partial charge in [0.2, 0.25) is 0 Å². The summed E-state index contributed by atoms with van der Waals surface area (Å²) in [7, 11) is 0. The van der Waals surface area contributed by atoms with Gasteiger partial charge >= 0.3 is 12.0 Å². The number of carbonyl (C=O) groups excluding carboxylic acids is 1. The summed E-state index contributed by atoms with van der Waals surface area (Å²) < 4.78 is 28.3. The van der Waals surface area contributed by atoms with E-state index in [2.05, 4.69) is 15.3 Å². The molecule has 6 rings (SSSR count). The van der Waals surface area contributed by atoms with Crippen molar-refractivity contribution in [3.63, 3.8) is 0 Å². The zero-order chi connectivity index (χ0) is 25.5. The van der Waals surface area contributed by atoms with Crippen LogP contribution in [0.5, 0.6) is 0 Å². The number of likely N-dealkylation sites (tertiary alicyclic amines) is 1. The molecule has 9 heteroatoms. The second-order valence-corrected chi connectivity index (χ2v) is 11.6. The van der Waals surface area contributed by atoms with Crippen LogP contribution in [0.4, 0.5) is 13.6 Å². The number of aliphatic carboxylic acids is 1. The molecular formula is C27H36F2N4O3. The van der Waals surface area contributed by atoms with E-state index in [9.17, 15) is 18.4 Å². The molecule has 4 aliphatic rings. The van der Waals surface area contributed by atoms with Gasteiger partial charge in [0.05, 0.1) is 22.8 Å². The first kappa shape index (κ1) is 25.0. The van der Waals surface area contributed by atoms with Crippen LogP contribution in [0.1, 0.15) is 89.2 Å². The van der Waals surface area contributed by atoms with Crippen LogP contribution < -0.4 is 5.32 Å². The van der Waals surface area contributed by atoms with Gasteiger partial charge in [0.1, 0.15) is 5.82 Å². The monoisotopic (exact) mass is 502 g/mol. The molecule has 196 valence electrons. The number of carboxylic acids is 1. The van der Waals surface area contributed by atoms with Crippen LogP contribution in [0, 0.1) is 23.0 Å². The molecular weight excluding hydrogens is 466 g/mol. The molecule has 3 N–H and O–H groups in total. The maximum Gasteiger partial charge on any atom is 0.317 e. The minimum absolute atomic E-state index is 0.0193. The van der Waals surface area contributed by atoms with Crippen molar-refractivity contribution in [2.45, 2.75) is 89.0 Å². The highest BCUT2D eigenvalue weighted by Gasteiger charge is 2.49. The highest BCUT2D eigenvalue weighted by atomic mass is 19.1. The number of piperidine rings is 1. The van der Waals surface area contributed by atoms with Crippen LogP contribution in [-0.2, 0) is 4.79 Å². The van der Waals surface area contributed by atoms with E-state index >= 15 is 0 Å². The average Bonchev–Trinajstić information content (AvgIpc) is 3.26. The van der Waals surface area contributed by atoms with Crippen molar-refractivity contribution in [3.8, 4) is 0 Å². The number of aromatic nitrogens is 2. The number of hydrogen-bond acceptors (Lipinski definition) is 3. The first-order chi connectivity index (χ1) is 17.2. The van der Waals surface area contributed by atoms with Crippen LogP contribution in [0.25, 0.3) is 10.9 Å². The van der Waals surface area contributed by atoms with Crippen LogP contribution in [0.2, 0.25) is 0 Å². The molecule has 1 atom stereocenters. The number of urea groups is 1. The molecule has 0 unspecified atom stereocenters. The van der Waals surface area contributed by atoms with Crippen molar-refractivity contribution in [1.82, 2.24) is 20.2 Å². The summed E-state index contributed by atoms with van der Waals surface area (Å²) >= 11 is 0. The zero-order valence-corrected chi connectivity index (χ0v) is 20.9. The number of hydrogen-bond donors (Lipinski definition) is 3. The fraction of sp³-hybridized carbons (Fsp3) is 0.667. The van der Waals surface area contributed by atoms with Gasteiger partial charge in [0.25, 0.3) is 0 Å². The van der Waals surface area contributed by atoms with E-state index < -0.39 is 17.6 Å². The van der Waals surface area contributed by atoms with Gasteiger partial charge in [-0.2, -0.15) is 0 Å². The van der Waals surface area contributed by atoms with Crippen LogP contribution in [0.15, 0.2) is 12.4 Å². The van der Waals surface area contributed by atoms with E-state index in [1.807, 2.05) is 11.8 Å². The van der Waals surface area contributed by atoms with Gasteiger partial charge in [-0.25, -0.2) is 13.6 Å². The summed E-state index contributed by atoms with van der Waals surface area (Å²) in [5.74, 6) is -1.60. The number of nitrogens with zero attached hydrogens (tertiary/aromatic N) is 2. The van der Waals surface area contributed by atoms with Crippen molar-refractivity contribution < 1.29 is 23.5 Å². The summed E-state index contributed by atoms with van der Waals surface area (Å²) in [6.07, 6.45) is 12.1. The predicted octanol–water partition coefficient (Wildman–Crippen LogP) is 5.71. The lowest BCUT2D eigenvalue weighted by atomic mass is 9.55. The smallest absolute Gasteiger partial charge is 0.317 e. The molecule has 2 amide bonds. The first-order valence-corrected chi connectivity index (χ1v) is 13.3. The topological polar surface area (TPSA) is 98.3 Å². The van der Waals surface area contributed by atoms with Gasteiger partial charge < -0.3 is 20.3 Å². The van der Waals surface area contributed by atoms with E-state index in [0.29, 0.717) is 37.0 Å². The molecule has 1 saturated heterocycles. The Hall–Kier alpha value is -2.71. The number of amides is 2. The van der Waals surface area contributed by atoms with Gasteiger partial charge in [-0.05, 0) is 75.5 Å². The normalized spacial score (nSPS) is 27.4. The SMILES string of the molecule is C[C@@H](CCC12CCC(NC(=O)N3CCC(c4ncc(F)c5[nH]cc(F)c45)CC3)(CC1)CC2)CC(=O)O. The Bertz CT molecular complexity index is 1120. The van der Waals surface area contributed by atoms with E-state index in [1.54, 1.807) is 0 Å². The molecule has 3 aliphatic carbocycles. The van der Waals surface area contributed by atoms with Crippen LogP contribution in [0.3, 0.4) is 0 Å². The van der Waals surface area contributed by atoms with Crippen molar-refractivity contribution in [1.29, 1.82) is 0 Å². The molecule has 2 aromatic rings. The highest BCUT2D eigenvalue weighted by molar-refractivity contribution is 5.83. The second-order valence-electron chi connectivity index (χ2n) is 11.6. The van der Waals surface area contributed by atoms with Crippen LogP contribution >= 0.6 is 0 Å². The maximum atomic E-state index is 14.3. The van der Waals surface area contributed by atoms with E-state index in [-0.39, 0.29) is 40.7 Å². The van der Waals surface area contributed by atoms with E-state index in [0.717, 1.165) is 57.6 Å².